The third kappa shape index (κ3) is 2.65. The van der Waals surface area contributed by atoms with Gasteiger partial charge in [0.15, 0.2) is 5.92 Å². The molecule has 0 spiro atoms. The lowest BCUT2D eigenvalue weighted by atomic mass is 9.94. The van der Waals surface area contributed by atoms with Crippen molar-refractivity contribution in [3.8, 4) is 0 Å². The minimum atomic E-state index is -1.40. The Morgan fingerprint density at radius 2 is 1.56 bits per heavy atom. The van der Waals surface area contributed by atoms with Gasteiger partial charge in [-0.05, 0) is 11.6 Å². The molecule has 1 rings (SSSR count). The van der Waals surface area contributed by atoms with Gasteiger partial charge in [-0.2, -0.15) is 0 Å². The lowest BCUT2D eigenvalue weighted by Crippen LogP contribution is -2.26. The molecule has 18 heavy (non-hydrogen) atoms. The van der Waals surface area contributed by atoms with Crippen molar-refractivity contribution < 1.29 is 29.0 Å². The summed E-state index contributed by atoms with van der Waals surface area (Å²) in [5, 5.41) is 9.02. The van der Waals surface area contributed by atoms with E-state index in [0.29, 0.717) is 0 Å². The van der Waals surface area contributed by atoms with Crippen LogP contribution in [-0.2, 0) is 19.1 Å². The van der Waals surface area contributed by atoms with E-state index >= 15 is 0 Å². The van der Waals surface area contributed by atoms with Crippen LogP contribution in [0.4, 0.5) is 0 Å². The van der Waals surface area contributed by atoms with E-state index in [0.717, 1.165) is 14.2 Å². The first-order chi connectivity index (χ1) is 8.52. The molecule has 0 aliphatic carbocycles. The summed E-state index contributed by atoms with van der Waals surface area (Å²) in [5.74, 6) is -4.36. The molecule has 6 heteroatoms. The Morgan fingerprint density at radius 1 is 1.06 bits per heavy atom. The highest BCUT2D eigenvalue weighted by Crippen LogP contribution is 2.23. The quantitative estimate of drug-likeness (QED) is 0.630. The van der Waals surface area contributed by atoms with Gasteiger partial charge in [0.1, 0.15) is 0 Å². The molecule has 1 N–H and O–H groups in total. The number of carboxylic acids is 1. The van der Waals surface area contributed by atoms with Crippen molar-refractivity contribution in [1.82, 2.24) is 0 Å². The lowest BCUT2D eigenvalue weighted by molar-refractivity contribution is -0.154. The zero-order chi connectivity index (χ0) is 13.7. The summed E-state index contributed by atoms with van der Waals surface area (Å²) in [6.45, 7) is 0. The molecule has 96 valence electrons. The molecule has 0 unspecified atom stereocenters. The van der Waals surface area contributed by atoms with Crippen LogP contribution in [0.1, 0.15) is 21.8 Å². The summed E-state index contributed by atoms with van der Waals surface area (Å²) in [5.41, 5.74) is -0.0954. The summed E-state index contributed by atoms with van der Waals surface area (Å²) in [6, 6.07) is 5.71. The van der Waals surface area contributed by atoms with E-state index in [-0.39, 0.29) is 11.1 Å². The summed E-state index contributed by atoms with van der Waals surface area (Å²) in [4.78, 5) is 34.2. The Bertz CT molecular complexity index is 463. The fourth-order valence-corrected chi connectivity index (χ4v) is 1.53. The number of carboxylic acid groups (broad SMARTS) is 1. The van der Waals surface area contributed by atoms with Crippen LogP contribution >= 0.6 is 0 Å². The van der Waals surface area contributed by atoms with E-state index in [1.165, 1.54) is 24.3 Å². The maximum Gasteiger partial charge on any atom is 0.336 e. The highest BCUT2D eigenvalue weighted by Gasteiger charge is 2.33. The number of carbonyl (C=O) groups is 3. The van der Waals surface area contributed by atoms with Gasteiger partial charge in [0, 0.05) is 0 Å². The van der Waals surface area contributed by atoms with Crippen molar-refractivity contribution in [2.24, 2.45) is 0 Å². The number of hydrogen-bond acceptors (Lipinski definition) is 5. The zero-order valence-electron chi connectivity index (χ0n) is 9.88. The van der Waals surface area contributed by atoms with Crippen LogP contribution in [0.3, 0.4) is 0 Å². The largest absolute Gasteiger partial charge is 0.478 e. The molecule has 0 saturated carbocycles. The van der Waals surface area contributed by atoms with Crippen LogP contribution in [0, 0.1) is 0 Å². The third-order valence-corrected chi connectivity index (χ3v) is 2.38. The second kappa shape index (κ2) is 5.81. The molecule has 0 aliphatic heterocycles. The molecule has 6 nitrogen and oxygen atoms in total. The third-order valence-electron chi connectivity index (χ3n) is 2.38. The van der Waals surface area contributed by atoms with Gasteiger partial charge >= 0.3 is 17.9 Å². The number of rotatable bonds is 4. The first-order valence-corrected chi connectivity index (χ1v) is 5.00. The second-order valence-corrected chi connectivity index (χ2v) is 3.37. The first-order valence-electron chi connectivity index (χ1n) is 5.00. The molecule has 0 amide bonds. The minimum Gasteiger partial charge on any atom is -0.478 e. The molecule has 0 fully saturated rings. The number of hydrogen-bond donors (Lipinski definition) is 1. The van der Waals surface area contributed by atoms with E-state index in [2.05, 4.69) is 9.47 Å². The zero-order valence-corrected chi connectivity index (χ0v) is 9.88. The number of benzene rings is 1. The molecule has 1 aromatic carbocycles. The topological polar surface area (TPSA) is 89.9 Å². The van der Waals surface area contributed by atoms with Crippen LogP contribution in [-0.4, -0.2) is 37.2 Å². The van der Waals surface area contributed by atoms with Gasteiger partial charge < -0.3 is 14.6 Å². The van der Waals surface area contributed by atoms with Gasteiger partial charge in [0.05, 0.1) is 19.8 Å². The van der Waals surface area contributed by atoms with Gasteiger partial charge in [0.2, 0.25) is 0 Å². The number of carbonyl (C=O) groups excluding carboxylic acids is 2. The first kappa shape index (κ1) is 13.7. The van der Waals surface area contributed by atoms with E-state index in [9.17, 15) is 14.4 Å². The van der Waals surface area contributed by atoms with Crippen LogP contribution < -0.4 is 0 Å². The summed E-state index contributed by atoms with van der Waals surface area (Å²) >= 11 is 0. The average molecular weight is 252 g/mol. The van der Waals surface area contributed by atoms with E-state index in [1.807, 2.05) is 0 Å². The van der Waals surface area contributed by atoms with Crippen LogP contribution in [0.2, 0.25) is 0 Å². The molecule has 0 bridgehead atoms. The summed E-state index contributed by atoms with van der Waals surface area (Å²) in [6.07, 6.45) is 0. The molecule has 0 atom stereocenters. The van der Waals surface area contributed by atoms with Gasteiger partial charge in [-0.1, -0.05) is 18.2 Å². The number of esters is 2. The van der Waals surface area contributed by atoms with Crippen LogP contribution in [0.5, 0.6) is 0 Å². The van der Waals surface area contributed by atoms with Crippen molar-refractivity contribution in [3.05, 3.63) is 35.4 Å². The van der Waals surface area contributed by atoms with Crippen LogP contribution in [0.25, 0.3) is 0 Å². The number of ether oxygens (including phenoxy) is 2. The lowest BCUT2D eigenvalue weighted by Gasteiger charge is -2.14. The van der Waals surface area contributed by atoms with Gasteiger partial charge in [-0.15, -0.1) is 0 Å². The fraction of sp³-hybridized carbons (Fsp3) is 0.250. The maximum atomic E-state index is 11.6. The SMILES string of the molecule is COC(=O)C(C(=O)OC)c1ccccc1C(=O)O. The Kier molecular flexibility index (Phi) is 4.42. The number of methoxy groups -OCH3 is 2. The fourth-order valence-electron chi connectivity index (χ4n) is 1.53. The van der Waals surface area contributed by atoms with Crippen molar-refractivity contribution in [1.29, 1.82) is 0 Å². The molecular weight excluding hydrogens is 240 g/mol. The van der Waals surface area contributed by atoms with Crippen molar-refractivity contribution in [2.75, 3.05) is 14.2 Å². The average Bonchev–Trinajstić information content (AvgIpc) is 2.38. The number of aromatic carboxylic acids is 1. The van der Waals surface area contributed by atoms with Gasteiger partial charge in [0.25, 0.3) is 0 Å². The van der Waals surface area contributed by atoms with E-state index in [1.54, 1.807) is 0 Å². The smallest absolute Gasteiger partial charge is 0.336 e. The summed E-state index contributed by atoms with van der Waals surface area (Å²) in [7, 11) is 2.23. The van der Waals surface area contributed by atoms with Gasteiger partial charge in [-0.25, -0.2) is 4.79 Å². The normalized spacial score (nSPS) is 9.94. The second-order valence-electron chi connectivity index (χ2n) is 3.37. The van der Waals surface area contributed by atoms with Crippen molar-refractivity contribution >= 4 is 17.9 Å². The van der Waals surface area contributed by atoms with E-state index in [4.69, 9.17) is 5.11 Å². The molecule has 0 saturated heterocycles. The van der Waals surface area contributed by atoms with Gasteiger partial charge in [-0.3, -0.25) is 9.59 Å². The molecular formula is C12H12O6. The molecule has 0 aliphatic rings. The Morgan fingerprint density at radius 3 is 2.00 bits per heavy atom. The van der Waals surface area contributed by atoms with E-state index < -0.39 is 23.8 Å². The van der Waals surface area contributed by atoms with Crippen molar-refractivity contribution in [3.63, 3.8) is 0 Å². The Labute approximate surface area is 103 Å². The highest BCUT2D eigenvalue weighted by molar-refractivity contribution is 6.03. The monoisotopic (exact) mass is 252 g/mol. The minimum absolute atomic E-state index is 0.0451. The maximum absolute atomic E-state index is 11.6. The standard InChI is InChI=1S/C12H12O6/c1-17-11(15)9(12(16)18-2)7-5-3-4-6-8(7)10(13)14/h3-6,9H,1-2H3,(H,13,14). The highest BCUT2D eigenvalue weighted by atomic mass is 16.5. The molecule has 0 aromatic heterocycles. The van der Waals surface area contributed by atoms with Crippen LogP contribution in [0.15, 0.2) is 24.3 Å². The molecule has 0 radical (unpaired) electrons. The molecule has 0 heterocycles. The molecule has 1 aromatic rings. The predicted molar refractivity (Wildman–Crippen MR) is 60.2 cm³/mol. The van der Waals surface area contributed by atoms with Crippen molar-refractivity contribution in [2.45, 2.75) is 5.92 Å². The predicted octanol–water partition coefficient (Wildman–Crippen LogP) is 0.814. The Hall–Kier alpha value is -2.37. The Balaban J connectivity index is 3.33. The summed E-state index contributed by atoms with van der Waals surface area (Å²) < 4.78 is 8.98.